The Bertz CT molecular complexity index is 1100. The van der Waals surface area contributed by atoms with Crippen LogP contribution in [-0.2, 0) is 11.2 Å². The standard InChI is InChI=1S/C30H38N2O3S/c1-35-29(34)23-8-5-9-24(15-23)31-27(33)26-25(32-28(36-26)22-6-3-2-4-7-22)10-11-30-16-19-12-20(17-30)14-21(13-19)18-30/h5,8-9,15,19-22H,2-4,6-7,10-14,16-18H2,1H3,(H,31,33). The number of nitrogens with zero attached hydrogens (tertiary/aromatic N) is 1. The minimum Gasteiger partial charge on any atom is -0.465 e. The maximum Gasteiger partial charge on any atom is 0.337 e. The number of esters is 1. The van der Waals surface area contributed by atoms with Gasteiger partial charge in [0, 0.05) is 11.6 Å². The van der Waals surface area contributed by atoms with Crippen molar-refractivity contribution in [1.29, 1.82) is 0 Å². The van der Waals surface area contributed by atoms with Crippen LogP contribution in [0.5, 0.6) is 0 Å². The quantitative estimate of drug-likeness (QED) is 0.398. The van der Waals surface area contributed by atoms with Crippen molar-refractivity contribution in [2.24, 2.45) is 23.2 Å². The highest BCUT2D eigenvalue weighted by Gasteiger charge is 2.50. The molecular formula is C30H38N2O3S. The fourth-order valence-electron chi connectivity index (χ4n) is 8.25. The van der Waals surface area contributed by atoms with Crippen molar-refractivity contribution in [3.8, 4) is 0 Å². The Kier molecular flexibility index (Phi) is 6.65. The van der Waals surface area contributed by atoms with Gasteiger partial charge in [0.15, 0.2) is 0 Å². The molecule has 6 heteroatoms. The van der Waals surface area contributed by atoms with E-state index in [1.165, 1.54) is 84.2 Å². The Balaban J connectivity index is 1.23. The number of hydrogen-bond donors (Lipinski definition) is 1. The smallest absolute Gasteiger partial charge is 0.337 e. The Labute approximate surface area is 218 Å². The van der Waals surface area contributed by atoms with Gasteiger partial charge in [-0.05, 0) is 106 Å². The number of methoxy groups -OCH3 is 1. The molecule has 1 aromatic heterocycles. The second-order valence-electron chi connectivity index (χ2n) is 12.1. The summed E-state index contributed by atoms with van der Waals surface area (Å²) in [6, 6.07) is 6.98. The summed E-state index contributed by atoms with van der Waals surface area (Å²) in [5.74, 6) is 2.81. The van der Waals surface area contributed by atoms with Crippen LogP contribution in [0.2, 0.25) is 0 Å². The molecule has 5 saturated carbocycles. The molecule has 1 amide bonds. The largest absolute Gasteiger partial charge is 0.465 e. The molecule has 0 spiro atoms. The Morgan fingerprint density at radius 2 is 1.75 bits per heavy atom. The lowest BCUT2D eigenvalue weighted by Crippen LogP contribution is -2.46. The molecule has 1 N–H and O–H groups in total. The van der Waals surface area contributed by atoms with Crippen LogP contribution >= 0.6 is 11.3 Å². The summed E-state index contributed by atoms with van der Waals surface area (Å²) < 4.78 is 4.84. The van der Waals surface area contributed by atoms with E-state index in [9.17, 15) is 9.59 Å². The van der Waals surface area contributed by atoms with Gasteiger partial charge in [-0.2, -0.15) is 0 Å². The van der Waals surface area contributed by atoms with Crippen molar-refractivity contribution in [2.75, 3.05) is 12.4 Å². The molecule has 0 aliphatic heterocycles. The number of carbonyl (C=O) groups excluding carboxylic acids is 2. The fraction of sp³-hybridized carbons (Fsp3) is 0.633. The molecule has 5 fully saturated rings. The molecule has 0 saturated heterocycles. The maximum atomic E-state index is 13.5. The van der Waals surface area contributed by atoms with E-state index in [0.29, 0.717) is 22.6 Å². The molecular weight excluding hydrogens is 468 g/mol. The number of rotatable bonds is 7. The van der Waals surface area contributed by atoms with Crippen molar-refractivity contribution in [1.82, 2.24) is 4.98 Å². The van der Waals surface area contributed by atoms with Gasteiger partial charge in [0.05, 0.1) is 23.4 Å². The molecule has 1 heterocycles. The van der Waals surface area contributed by atoms with Crippen LogP contribution in [0.1, 0.15) is 114 Å². The van der Waals surface area contributed by atoms with E-state index >= 15 is 0 Å². The van der Waals surface area contributed by atoms with Gasteiger partial charge in [-0.1, -0.05) is 25.3 Å². The zero-order valence-electron chi connectivity index (χ0n) is 21.4. The van der Waals surface area contributed by atoms with E-state index in [1.54, 1.807) is 29.5 Å². The topological polar surface area (TPSA) is 68.3 Å². The number of aromatic nitrogens is 1. The third kappa shape index (κ3) is 4.85. The number of ether oxygens (including phenoxy) is 1. The lowest BCUT2D eigenvalue weighted by Gasteiger charge is -2.57. The molecule has 4 bridgehead atoms. The first-order valence-electron chi connectivity index (χ1n) is 14.0. The summed E-state index contributed by atoms with van der Waals surface area (Å²) in [7, 11) is 1.37. The predicted octanol–water partition coefficient (Wildman–Crippen LogP) is 7.38. The summed E-state index contributed by atoms with van der Waals surface area (Å²) in [5.41, 5.74) is 2.52. The van der Waals surface area contributed by atoms with Gasteiger partial charge in [0.25, 0.3) is 5.91 Å². The molecule has 5 nitrogen and oxygen atoms in total. The van der Waals surface area contributed by atoms with Crippen molar-refractivity contribution in [2.45, 2.75) is 89.4 Å². The van der Waals surface area contributed by atoms with Gasteiger partial charge in [-0.25, -0.2) is 9.78 Å². The molecule has 5 aliphatic rings. The van der Waals surface area contributed by atoms with E-state index in [-0.39, 0.29) is 5.91 Å². The van der Waals surface area contributed by atoms with Gasteiger partial charge in [0.1, 0.15) is 4.88 Å². The normalized spacial score (nSPS) is 29.3. The Morgan fingerprint density at radius 3 is 2.42 bits per heavy atom. The molecule has 7 rings (SSSR count). The first-order valence-corrected chi connectivity index (χ1v) is 14.8. The predicted molar refractivity (Wildman–Crippen MR) is 143 cm³/mol. The molecule has 0 radical (unpaired) electrons. The van der Waals surface area contributed by atoms with E-state index in [0.717, 1.165) is 39.8 Å². The number of amides is 1. The van der Waals surface area contributed by atoms with E-state index < -0.39 is 5.97 Å². The second kappa shape index (κ2) is 9.92. The minimum atomic E-state index is -0.403. The summed E-state index contributed by atoms with van der Waals surface area (Å²) in [6.07, 6.45) is 16.8. The molecule has 0 atom stereocenters. The van der Waals surface area contributed by atoms with Gasteiger partial charge in [-0.15, -0.1) is 11.3 Å². The van der Waals surface area contributed by atoms with Gasteiger partial charge in [0.2, 0.25) is 0 Å². The third-order valence-corrected chi connectivity index (χ3v) is 10.7. The highest BCUT2D eigenvalue weighted by Crippen LogP contribution is 2.61. The number of nitrogens with one attached hydrogen (secondary N) is 1. The van der Waals surface area contributed by atoms with Crippen LogP contribution in [-0.4, -0.2) is 24.0 Å². The van der Waals surface area contributed by atoms with Crippen molar-refractivity contribution in [3.05, 3.63) is 45.4 Å². The lowest BCUT2D eigenvalue weighted by molar-refractivity contribution is -0.0570. The molecule has 36 heavy (non-hydrogen) atoms. The second-order valence-corrected chi connectivity index (χ2v) is 13.1. The van der Waals surface area contributed by atoms with Crippen LogP contribution in [0.25, 0.3) is 0 Å². The van der Waals surface area contributed by atoms with Crippen LogP contribution in [0.4, 0.5) is 5.69 Å². The van der Waals surface area contributed by atoms with Crippen molar-refractivity contribution in [3.63, 3.8) is 0 Å². The molecule has 192 valence electrons. The van der Waals surface area contributed by atoms with E-state index in [2.05, 4.69) is 5.32 Å². The number of hydrogen-bond acceptors (Lipinski definition) is 5. The molecule has 2 aromatic rings. The van der Waals surface area contributed by atoms with Crippen molar-refractivity contribution < 1.29 is 14.3 Å². The number of carbonyl (C=O) groups is 2. The number of benzene rings is 1. The molecule has 0 unspecified atom stereocenters. The number of thiazole rings is 1. The summed E-state index contributed by atoms with van der Waals surface area (Å²) in [6.45, 7) is 0. The first kappa shape index (κ1) is 24.1. The van der Waals surface area contributed by atoms with E-state index in [4.69, 9.17) is 9.72 Å². The van der Waals surface area contributed by atoms with Gasteiger partial charge < -0.3 is 10.1 Å². The zero-order chi connectivity index (χ0) is 24.7. The first-order chi connectivity index (χ1) is 17.5. The Hall–Kier alpha value is -2.21. The average molecular weight is 507 g/mol. The molecule has 5 aliphatic carbocycles. The summed E-state index contributed by atoms with van der Waals surface area (Å²) >= 11 is 1.61. The molecule has 1 aromatic carbocycles. The van der Waals surface area contributed by atoms with Crippen LogP contribution in [0, 0.1) is 23.2 Å². The Morgan fingerprint density at radius 1 is 1.06 bits per heavy atom. The highest BCUT2D eigenvalue weighted by molar-refractivity contribution is 7.14. The summed E-state index contributed by atoms with van der Waals surface area (Å²) in [4.78, 5) is 31.4. The summed E-state index contributed by atoms with van der Waals surface area (Å²) in [5, 5.41) is 4.21. The lowest BCUT2D eigenvalue weighted by atomic mass is 9.48. The zero-order valence-corrected chi connectivity index (χ0v) is 22.2. The SMILES string of the molecule is COC(=O)c1cccc(NC(=O)c2sc(C3CCCCC3)nc2CCC23CC4CC(CC(C4)C2)C3)c1. The number of anilines is 1. The monoisotopic (exact) mass is 506 g/mol. The minimum absolute atomic E-state index is 0.0999. The third-order valence-electron chi connectivity index (χ3n) is 9.47. The highest BCUT2D eigenvalue weighted by atomic mass is 32.1. The van der Waals surface area contributed by atoms with Crippen LogP contribution in [0.15, 0.2) is 24.3 Å². The van der Waals surface area contributed by atoms with Gasteiger partial charge >= 0.3 is 5.97 Å². The van der Waals surface area contributed by atoms with Crippen molar-refractivity contribution >= 4 is 28.9 Å². The van der Waals surface area contributed by atoms with E-state index in [1.807, 2.05) is 6.07 Å². The van der Waals surface area contributed by atoms with Gasteiger partial charge in [-0.3, -0.25) is 4.79 Å². The number of aryl methyl sites for hydroxylation is 1. The fourth-order valence-corrected chi connectivity index (χ4v) is 9.43. The average Bonchev–Trinajstić information content (AvgIpc) is 3.32. The van der Waals surface area contributed by atoms with Crippen LogP contribution in [0.3, 0.4) is 0 Å². The maximum absolute atomic E-state index is 13.5. The van der Waals surface area contributed by atoms with Crippen LogP contribution < -0.4 is 5.32 Å².